The number of hydrogen-bond donors (Lipinski definition) is 1. The second-order valence-electron chi connectivity index (χ2n) is 5.40. The van der Waals surface area contributed by atoms with Crippen molar-refractivity contribution in [3.63, 3.8) is 0 Å². The Morgan fingerprint density at radius 2 is 2.24 bits per heavy atom. The third kappa shape index (κ3) is 3.60. The predicted octanol–water partition coefficient (Wildman–Crippen LogP) is 4.97. The van der Waals surface area contributed by atoms with E-state index in [2.05, 4.69) is 30.4 Å². The van der Waals surface area contributed by atoms with E-state index in [4.69, 9.17) is 16.3 Å². The summed E-state index contributed by atoms with van der Waals surface area (Å²) in [5.41, 5.74) is 2.86. The molecule has 2 nitrogen and oxygen atoms in total. The molecule has 0 aliphatic heterocycles. The average Bonchev–Trinajstić information content (AvgIpc) is 3.09. The van der Waals surface area contributed by atoms with Gasteiger partial charge < -0.3 is 10.1 Å². The molecule has 1 N–H and O–H groups in total. The molecule has 1 atom stereocenters. The maximum Gasteiger partial charge on any atom is 0.122 e. The molecule has 3 rings (SSSR count). The fraction of sp³-hybridized carbons (Fsp3) is 0.412. The number of nitrogens with one attached hydrogen (secondary N) is 1. The van der Waals surface area contributed by atoms with Crippen LogP contribution in [0.5, 0.6) is 5.75 Å². The van der Waals surface area contributed by atoms with E-state index < -0.39 is 0 Å². The molecule has 1 unspecified atom stereocenters. The zero-order valence-corrected chi connectivity index (χ0v) is 13.8. The second-order valence-corrected chi connectivity index (χ2v) is 7.20. The Bertz CT molecular complexity index is 611. The highest BCUT2D eigenvalue weighted by Gasteiger charge is 2.21. The first-order chi connectivity index (χ1) is 10.3. The lowest BCUT2D eigenvalue weighted by atomic mass is 10.1. The lowest BCUT2D eigenvalue weighted by Crippen LogP contribution is -2.19. The summed E-state index contributed by atoms with van der Waals surface area (Å²) in [7, 11) is 0. The standard InChI is InChI=1S/C17H20ClNOS/c1-2-9-19-16-7-3-12-10-13(4-6-15(12)16)20-11-14-5-8-17(18)21-14/h4-6,8,10,16,19H,2-3,7,9,11H2,1H3. The molecule has 0 spiro atoms. The van der Waals surface area contributed by atoms with Crippen LogP contribution in [0.15, 0.2) is 30.3 Å². The van der Waals surface area contributed by atoms with Gasteiger partial charge in [-0.05, 0) is 61.2 Å². The second kappa shape index (κ2) is 6.82. The molecule has 1 aliphatic rings. The highest BCUT2D eigenvalue weighted by Crippen LogP contribution is 2.34. The highest BCUT2D eigenvalue weighted by molar-refractivity contribution is 7.16. The van der Waals surface area contributed by atoms with Crippen LogP contribution in [0.4, 0.5) is 0 Å². The molecule has 112 valence electrons. The van der Waals surface area contributed by atoms with Crippen LogP contribution in [0.3, 0.4) is 0 Å². The van der Waals surface area contributed by atoms with E-state index in [1.54, 1.807) is 11.3 Å². The Morgan fingerprint density at radius 3 is 3.00 bits per heavy atom. The minimum absolute atomic E-state index is 0.519. The quantitative estimate of drug-likeness (QED) is 0.811. The third-order valence-corrected chi connectivity index (χ3v) is 5.05. The van der Waals surface area contributed by atoms with Crippen molar-refractivity contribution in [1.82, 2.24) is 5.32 Å². The molecule has 2 aromatic rings. The molecule has 4 heteroatoms. The number of hydrogen-bond acceptors (Lipinski definition) is 3. The largest absolute Gasteiger partial charge is 0.488 e. The first kappa shape index (κ1) is 14.9. The van der Waals surface area contributed by atoms with Gasteiger partial charge in [-0.1, -0.05) is 24.6 Å². The summed E-state index contributed by atoms with van der Waals surface area (Å²) in [6, 6.07) is 10.9. The van der Waals surface area contributed by atoms with E-state index in [-0.39, 0.29) is 0 Å². The van der Waals surface area contributed by atoms with Gasteiger partial charge in [0.2, 0.25) is 0 Å². The fourth-order valence-electron chi connectivity index (χ4n) is 2.80. The normalized spacial score (nSPS) is 17.0. The Labute approximate surface area is 135 Å². The van der Waals surface area contributed by atoms with Crippen LogP contribution in [0.2, 0.25) is 4.34 Å². The molecular weight excluding hydrogens is 302 g/mol. The van der Waals surface area contributed by atoms with E-state index >= 15 is 0 Å². The van der Waals surface area contributed by atoms with E-state index in [0.29, 0.717) is 12.6 Å². The van der Waals surface area contributed by atoms with Crippen LogP contribution in [0.1, 0.15) is 41.8 Å². The SMILES string of the molecule is CCCNC1CCc2cc(OCc3ccc(Cl)s3)ccc21. The molecule has 1 aromatic heterocycles. The topological polar surface area (TPSA) is 21.3 Å². The molecule has 0 bridgehead atoms. The van der Waals surface area contributed by atoms with Gasteiger partial charge in [-0.15, -0.1) is 11.3 Å². The van der Waals surface area contributed by atoms with Gasteiger partial charge in [-0.3, -0.25) is 0 Å². The number of halogens is 1. The lowest BCUT2D eigenvalue weighted by molar-refractivity contribution is 0.309. The van der Waals surface area contributed by atoms with Gasteiger partial charge in [0.25, 0.3) is 0 Å². The van der Waals surface area contributed by atoms with Crippen molar-refractivity contribution in [2.24, 2.45) is 0 Å². The molecule has 21 heavy (non-hydrogen) atoms. The number of benzene rings is 1. The molecule has 0 saturated carbocycles. The fourth-order valence-corrected chi connectivity index (χ4v) is 3.80. The van der Waals surface area contributed by atoms with Gasteiger partial charge in [0.1, 0.15) is 12.4 Å². The first-order valence-electron chi connectivity index (χ1n) is 7.49. The highest BCUT2D eigenvalue weighted by atomic mass is 35.5. The van der Waals surface area contributed by atoms with Crippen molar-refractivity contribution < 1.29 is 4.74 Å². The minimum atomic E-state index is 0.519. The molecule has 1 aromatic carbocycles. The maximum atomic E-state index is 5.93. The molecule has 1 aliphatic carbocycles. The smallest absolute Gasteiger partial charge is 0.122 e. The van der Waals surface area contributed by atoms with Gasteiger partial charge >= 0.3 is 0 Å². The van der Waals surface area contributed by atoms with E-state index in [1.165, 1.54) is 24.0 Å². The number of rotatable bonds is 6. The summed E-state index contributed by atoms with van der Waals surface area (Å²) in [6.45, 7) is 3.88. The first-order valence-corrected chi connectivity index (χ1v) is 8.69. The van der Waals surface area contributed by atoms with E-state index in [0.717, 1.165) is 27.9 Å². The Kier molecular flexibility index (Phi) is 4.84. The number of fused-ring (bicyclic) bond motifs is 1. The average molecular weight is 322 g/mol. The van der Waals surface area contributed by atoms with E-state index in [9.17, 15) is 0 Å². The summed E-state index contributed by atoms with van der Waals surface area (Å²) in [4.78, 5) is 1.16. The molecule has 0 saturated heterocycles. The Hall–Kier alpha value is -1.03. The lowest BCUT2D eigenvalue weighted by Gasteiger charge is -2.14. The van der Waals surface area contributed by atoms with Crippen LogP contribution in [0.25, 0.3) is 0 Å². The monoisotopic (exact) mass is 321 g/mol. The molecule has 1 heterocycles. The van der Waals surface area contributed by atoms with Crippen LogP contribution in [-0.4, -0.2) is 6.54 Å². The van der Waals surface area contributed by atoms with Gasteiger partial charge in [0.15, 0.2) is 0 Å². The molecule has 0 radical (unpaired) electrons. The van der Waals surface area contributed by atoms with Crippen molar-refractivity contribution >= 4 is 22.9 Å². The zero-order valence-electron chi connectivity index (χ0n) is 12.2. The molecule has 0 fully saturated rings. The predicted molar refractivity (Wildman–Crippen MR) is 89.5 cm³/mol. The summed E-state index contributed by atoms with van der Waals surface area (Å²) in [5.74, 6) is 0.953. The van der Waals surface area contributed by atoms with Crippen molar-refractivity contribution in [3.05, 3.63) is 50.7 Å². The van der Waals surface area contributed by atoms with Crippen molar-refractivity contribution in [1.29, 1.82) is 0 Å². The molecular formula is C17H20ClNOS. The van der Waals surface area contributed by atoms with Crippen LogP contribution >= 0.6 is 22.9 Å². The maximum absolute atomic E-state index is 5.93. The number of ether oxygens (including phenoxy) is 1. The van der Waals surface area contributed by atoms with Crippen molar-refractivity contribution in [2.45, 2.75) is 38.8 Å². The minimum Gasteiger partial charge on any atom is -0.488 e. The van der Waals surface area contributed by atoms with Crippen LogP contribution < -0.4 is 10.1 Å². The summed E-state index contributed by atoms with van der Waals surface area (Å²) in [5, 5.41) is 3.61. The summed E-state index contributed by atoms with van der Waals surface area (Å²) >= 11 is 7.50. The third-order valence-electron chi connectivity index (χ3n) is 3.84. The van der Waals surface area contributed by atoms with Crippen LogP contribution in [-0.2, 0) is 13.0 Å². The molecule has 0 amide bonds. The zero-order chi connectivity index (χ0) is 14.7. The van der Waals surface area contributed by atoms with Crippen molar-refractivity contribution in [3.8, 4) is 5.75 Å². The summed E-state index contributed by atoms with van der Waals surface area (Å²) < 4.78 is 6.69. The Balaban J connectivity index is 1.64. The van der Waals surface area contributed by atoms with E-state index in [1.807, 2.05) is 12.1 Å². The van der Waals surface area contributed by atoms with Crippen LogP contribution in [0, 0.1) is 0 Å². The van der Waals surface area contributed by atoms with Gasteiger partial charge in [0.05, 0.1) is 4.34 Å². The van der Waals surface area contributed by atoms with Gasteiger partial charge in [-0.2, -0.15) is 0 Å². The number of thiophene rings is 1. The van der Waals surface area contributed by atoms with Crippen molar-refractivity contribution in [2.75, 3.05) is 6.54 Å². The van der Waals surface area contributed by atoms with Gasteiger partial charge in [-0.25, -0.2) is 0 Å². The summed E-state index contributed by atoms with van der Waals surface area (Å²) in [6.07, 6.45) is 3.51. The Morgan fingerprint density at radius 1 is 1.33 bits per heavy atom. The van der Waals surface area contributed by atoms with Gasteiger partial charge in [0, 0.05) is 10.9 Å². The number of aryl methyl sites for hydroxylation is 1.